The maximum absolute atomic E-state index is 3.74. The van der Waals surface area contributed by atoms with Gasteiger partial charge in [0.05, 0.1) is 0 Å². The zero-order chi connectivity index (χ0) is 9.54. The molecule has 2 aliphatic carbocycles. The van der Waals surface area contributed by atoms with Gasteiger partial charge in [-0.2, -0.15) is 0 Å². The average molecular weight is 194 g/mol. The van der Waals surface area contributed by atoms with Gasteiger partial charge in [0.25, 0.3) is 0 Å². The van der Waals surface area contributed by atoms with Crippen molar-refractivity contribution >= 4 is 0 Å². The first kappa shape index (κ1) is 9.17. The first-order chi connectivity index (χ1) is 6.83. The van der Waals surface area contributed by atoms with Crippen LogP contribution in [0, 0.1) is 11.8 Å². The highest BCUT2D eigenvalue weighted by Gasteiger charge is 2.36. The van der Waals surface area contributed by atoms with Gasteiger partial charge >= 0.3 is 0 Å². The van der Waals surface area contributed by atoms with Crippen LogP contribution < -0.4 is 5.32 Å². The molecule has 3 fully saturated rings. The predicted molar refractivity (Wildman–Crippen MR) is 58.3 cm³/mol. The van der Waals surface area contributed by atoms with Crippen LogP contribution in [0.15, 0.2) is 0 Å². The lowest BCUT2D eigenvalue weighted by Gasteiger charge is -2.15. The monoisotopic (exact) mass is 194 g/mol. The van der Waals surface area contributed by atoms with Gasteiger partial charge in [0.1, 0.15) is 0 Å². The smallest absolute Gasteiger partial charge is 0.0207 e. The Bertz CT molecular complexity index is 212. The molecule has 3 unspecified atom stereocenters. The van der Waals surface area contributed by atoms with Crippen molar-refractivity contribution < 1.29 is 0 Å². The Hall–Kier alpha value is -0.0800. The van der Waals surface area contributed by atoms with Gasteiger partial charge in [-0.15, -0.1) is 0 Å². The minimum Gasteiger partial charge on any atom is -0.312 e. The summed E-state index contributed by atoms with van der Waals surface area (Å²) in [4.78, 5) is 2.69. The molecular formula is C12H22N2. The largest absolute Gasteiger partial charge is 0.312 e. The summed E-state index contributed by atoms with van der Waals surface area (Å²) in [6.07, 6.45) is 5.78. The second-order valence-electron chi connectivity index (χ2n) is 5.59. The van der Waals surface area contributed by atoms with E-state index in [4.69, 9.17) is 0 Å². The lowest BCUT2D eigenvalue weighted by molar-refractivity contribution is 0.317. The van der Waals surface area contributed by atoms with E-state index >= 15 is 0 Å². The van der Waals surface area contributed by atoms with Crippen LogP contribution in [0.2, 0.25) is 0 Å². The SMILES string of the molecule is CC1CC1CNC1CCN(C2CC2)C1. The molecule has 3 aliphatic rings. The Morgan fingerprint density at radius 3 is 2.71 bits per heavy atom. The van der Waals surface area contributed by atoms with E-state index in [9.17, 15) is 0 Å². The zero-order valence-electron chi connectivity index (χ0n) is 9.21. The highest BCUT2D eigenvalue weighted by atomic mass is 15.2. The molecule has 80 valence electrons. The fraction of sp³-hybridized carbons (Fsp3) is 1.00. The maximum Gasteiger partial charge on any atom is 0.0207 e. The zero-order valence-corrected chi connectivity index (χ0v) is 9.21. The molecule has 0 aromatic heterocycles. The first-order valence-electron chi connectivity index (χ1n) is 6.30. The van der Waals surface area contributed by atoms with Gasteiger partial charge in [0.15, 0.2) is 0 Å². The molecule has 2 heteroatoms. The molecule has 2 nitrogen and oxygen atoms in total. The Morgan fingerprint density at radius 1 is 1.29 bits per heavy atom. The molecule has 1 aliphatic heterocycles. The number of rotatable bonds is 4. The number of nitrogens with zero attached hydrogens (tertiary/aromatic N) is 1. The van der Waals surface area contributed by atoms with Crippen molar-refractivity contribution in [2.45, 2.75) is 44.7 Å². The number of hydrogen-bond donors (Lipinski definition) is 1. The van der Waals surface area contributed by atoms with E-state index in [0.717, 1.165) is 23.9 Å². The van der Waals surface area contributed by atoms with Gasteiger partial charge in [0.2, 0.25) is 0 Å². The van der Waals surface area contributed by atoms with Gasteiger partial charge in [-0.25, -0.2) is 0 Å². The van der Waals surface area contributed by atoms with Crippen LogP contribution >= 0.6 is 0 Å². The van der Waals surface area contributed by atoms with Gasteiger partial charge in [-0.3, -0.25) is 4.90 Å². The molecule has 1 N–H and O–H groups in total. The van der Waals surface area contributed by atoms with E-state index in [2.05, 4.69) is 17.1 Å². The third-order valence-electron chi connectivity index (χ3n) is 4.23. The molecule has 3 atom stereocenters. The fourth-order valence-electron chi connectivity index (χ4n) is 2.73. The number of hydrogen-bond acceptors (Lipinski definition) is 2. The molecule has 3 rings (SSSR count). The summed E-state index contributed by atoms with van der Waals surface area (Å²) in [5, 5.41) is 3.74. The molecule has 0 aromatic rings. The van der Waals surface area contributed by atoms with Crippen molar-refractivity contribution in [3.8, 4) is 0 Å². The molecule has 1 heterocycles. The quantitative estimate of drug-likeness (QED) is 0.729. The third-order valence-corrected chi connectivity index (χ3v) is 4.23. The summed E-state index contributed by atoms with van der Waals surface area (Å²) in [5.74, 6) is 2.01. The molecule has 2 saturated carbocycles. The summed E-state index contributed by atoms with van der Waals surface area (Å²) in [5.41, 5.74) is 0. The van der Waals surface area contributed by atoms with Crippen molar-refractivity contribution in [3.05, 3.63) is 0 Å². The van der Waals surface area contributed by atoms with Crippen LogP contribution in [0.1, 0.15) is 32.6 Å². The summed E-state index contributed by atoms with van der Waals surface area (Å²) >= 11 is 0. The third kappa shape index (κ3) is 1.96. The summed E-state index contributed by atoms with van der Waals surface area (Å²) in [6.45, 7) is 6.33. The van der Waals surface area contributed by atoms with Crippen molar-refractivity contribution in [2.24, 2.45) is 11.8 Å². The lowest BCUT2D eigenvalue weighted by atomic mass is 10.2. The second-order valence-corrected chi connectivity index (χ2v) is 5.59. The van der Waals surface area contributed by atoms with Gasteiger partial charge in [0, 0.05) is 25.2 Å². The van der Waals surface area contributed by atoms with Gasteiger partial charge < -0.3 is 5.32 Å². The van der Waals surface area contributed by atoms with Crippen molar-refractivity contribution in [3.63, 3.8) is 0 Å². The molecule has 1 saturated heterocycles. The van der Waals surface area contributed by atoms with E-state index in [1.807, 2.05) is 0 Å². The number of likely N-dealkylation sites (tertiary alicyclic amines) is 1. The van der Waals surface area contributed by atoms with Gasteiger partial charge in [-0.1, -0.05) is 6.92 Å². The van der Waals surface area contributed by atoms with Crippen LogP contribution in [0.25, 0.3) is 0 Å². The normalized spacial score (nSPS) is 43.1. The molecule has 14 heavy (non-hydrogen) atoms. The van der Waals surface area contributed by atoms with Crippen molar-refractivity contribution in [1.29, 1.82) is 0 Å². The molecule has 0 spiro atoms. The molecule has 0 bridgehead atoms. The van der Waals surface area contributed by atoms with Crippen LogP contribution in [0.3, 0.4) is 0 Å². The van der Waals surface area contributed by atoms with E-state index < -0.39 is 0 Å². The lowest BCUT2D eigenvalue weighted by Crippen LogP contribution is -2.34. The Balaban J connectivity index is 1.37. The van der Waals surface area contributed by atoms with Crippen LogP contribution in [0.5, 0.6) is 0 Å². The minimum absolute atomic E-state index is 0.809. The maximum atomic E-state index is 3.74. The average Bonchev–Trinajstić information content (AvgIpc) is 3.08. The molecule has 0 amide bonds. The Kier molecular flexibility index (Phi) is 2.29. The summed E-state index contributed by atoms with van der Waals surface area (Å²) < 4.78 is 0. The van der Waals surface area contributed by atoms with E-state index in [-0.39, 0.29) is 0 Å². The predicted octanol–water partition coefficient (Wildman–Crippen LogP) is 1.47. The van der Waals surface area contributed by atoms with Crippen LogP contribution in [0.4, 0.5) is 0 Å². The van der Waals surface area contributed by atoms with Crippen molar-refractivity contribution in [2.75, 3.05) is 19.6 Å². The first-order valence-corrected chi connectivity index (χ1v) is 6.30. The van der Waals surface area contributed by atoms with Crippen LogP contribution in [-0.2, 0) is 0 Å². The molecule has 0 aromatic carbocycles. The Morgan fingerprint density at radius 2 is 2.07 bits per heavy atom. The molecular weight excluding hydrogens is 172 g/mol. The summed E-state index contributed by atoms with van der Waals surface area (Å²) in [7, 11) is 0. The van der Waals surface area contributed by atoms with Gasteiger partial charge in [-0.05, 0) is 44.1 Å². The Labute approximate surface area is 87.0 Å². The highest BCUT2D eigenvalue weighted by molar-refractivity contribution is 4.93. The van der Waals surface area contributed by atoms with E-state index in [1.54, 1.807) is 0 Å². The van der Waals surface area contributed by atoms with Crippen molar-refractivity contribution in [1.82, 2.24) is 10.2 Å². The van der Waals surface area contributed by atoms with E-state index in [1.165, 1.54) is 45.3 Å². The second kappa shape index (κ2) is 3.49. The van der Waals surface area contributed by atoms with Crippen LogP contribution in [-0.4, -0.2) is 36.6 Å². The highest BCUT2D eigenvalue weighted by Crippen LogP contribution is 2.37. The fourth-order valence-corrected chi connectivity index (χ4v) is 2.73. The molecule has 0 radical (unpaired) electrons. The topological polar surface area (TPSA) is 15.3 Å². The summed E-state index contributed by atoms with van der Waals surface area (Å²) in [6, 6.07) is 1.78. The minimum atomic E-state index is 0.809. The van der Waals surface area contributed by atoms with E-state index in [0.29, 0.717) is 0 Å². The number of nitrogens with one attached hydrogen (secondary N) is 1. The standard InChI is InChI=1S/C12H22N2/c1-9-6-10(9)7-13-11-4-5-14(8-11)12-2-3-12/h9-13H,2-8H2,1H3.